The summed E-state index contributed by atoms with van der Waals surface area (Å²) in [5.41, 5.74) is 9.17. The second kappa shape index (κ2) is 6.52. The molecule has 17 heavy (non-hydrogen) atoms. The van der Waals surface area contributed by atoms with Crippen LogP contribution in [0, 0.1) is 0 Å². The average molecular weight is 235 g/mol. The Morgan fingerprint density at radius 1 is 1.41 bits per heavy atom. The monoisotopic (exact) mass is 235 g/mol. The lowest BCUT2D eigenvalue weighted by Crippen LogP contribution is -2.26. The number of primary amides is 1. The second-order valence-corrected chi connectivity index (χ2v) is 3.53. The zero-order valence-corrected chi connectivity index (χ0v) is 10.1. The quantitative estimate of drug-likeness (QED) is 0.601. The molecule has 0 aromatic heterocycles. The van der Waals surface area contributed by atoms with Crippen LogP contribution in [0.15, 0.2) is 29.4 Å². The van der Waals surface area contributed by atoms with Gasteiger partial charge in [0, 0.05) is 12.1 Å². The van der Waals surface area contributed by atoms with Crippen molar-refractivity contribution < 1.29 is 9.53 Å². The highest BCUT2D eigenvalue weighted by Crippen LogP contribution is 2.12. The number of hydrogen-bond donors (Lipinski definition) is 2. The molecule has 0 saturated carbocycles. The fourth-order valence-electron chi connectivity index (χ4n) is 1.36. The topological polar surface area (TPSA) is 76.7 Å². The number of carbonyl (C=O) groups is 1. The van der Waals surface area contributed by atoms with E-state index in [0.717, 1.165) is 23.4 Å². The number of amides is 2. The van der Waals surface area contributed by atoms with Gasteiger partial charge < -0.3 is 10.5 Å². The minimum absolute atomic E-state index is 0.648. The van der Waals surface area contributed by atoms with Crippen LogP contribution in [0.25, 0.3) is 0 Å². The Balaban J connectivity index is 2.66. The van der Waals surface area contributed by atoms with Crippen LogP contribution in [0.3, 0.4) is 0 Å². The van der Waals surface area contributed by atoms with Crippen molar-refractivity contribution in [2.24, 2.45) is 10.8 Å². The highest BCUT2D eigenvalue weighted by molar-refractivity contribution is 5.87. The molecule has 0 aliphatic rings. The second-order valence-electron chi connectivity index (χ2n) is 3.53. The average Bonchev–Trinajstić information content (AvgIpc) is 2.35. The maximum absolute atomic E-state index is 10.5. The molecule has 0 heterocycles. The number of benzene rings is 1. The largest absolute Gasteiger partial charge is 0.497 e. The highest BCUT2D eigenvalue weighted by Gasteiger charge is 2.01. The summed E-state index contributed by atoms with van der Waals surface area (Å²) < 4.78 is 5.08. The number of nitrogens with zero attached hydrogens (tertiary/aromatic N) is 1. The summed E-state index contributed by atoms with van der Waals surface area (Å²) >= 11 is 0. The van der Waals surface area contributed by atoms with Gasteiger partial charge in [-0.25, -0.2) is 10.2 Å². The minimum Gasteiger partial charge on any atom is -0.497 e. The molecule has 0 bridgehead atoms. The molecule has 0 radical (unpaired) electrons. The van der Waals surface area contributed by atoms with Gasteiger partial charge in [0.1, 0.15) is 5.75 Å². The van der Waals surface area contributed by atoms with E-state index in [4.69, 9.17) is 10.5 Å². The van der Waals surface area contributed by atoms with E-state index in [0.29, 0.717) is 6.42 Å². The Morgan fingerprint density at radius 2 is 2.06 bits per heavy atom. The summed E-state index contributed by atoms with van der Waals surface area (Å²) in [5, 5.41) is 3.94. The van der Waals surface area contributed by atoms with Gasteiger partial charge in [0.05, 0.1) is 7.11 Å². The Labute approximate surface area is 101 Å². The maximum atomic E-state index is 10.5. The Kier molecular flexibility index (Phi) is 5.00. The molecule has 0 fully saturated rings. The van der Waals surface area contributed by atoms with Gasteiger partial charge in [0.2, 0.25) is 0 Å². The van der Waals surface area contributed by atoms with Crippen LogP contribution in [0.5, 0.6) is 5.75 Å². The van der Waals surface area contributed by atoms with Gasteiger partial charge in [-0.3, -0.25) is 0 Å². The first-order chi connectivity index (χ1) is 8.15. The van der Waals surface area contributed by atoms with Crippen molar-refractivity contribution >= 4 is 11.7 Å². The summed E-state index contributed by atoms with van der Waals surface area (Å²) in [7, 11) is 1.63. The smallest absolute Gasteiger partial charge is 0.332 e. The molecule has 2 amide bonds. The molecule has 0 aliphatic heterocycles. The summed E-state index contributed by atoms with van der Waals surface area (Å²) in [5.74, 6) is 0.819. The van der Waals surface area contributed by atoms with E-state index in [1.54, 1.807) is 7.11 Å². The van der Waals surface area contributed by atoms with Gasteiger partial charge in [-0.1, -0.05) is 19.1 Å². The molecule has 92 valence electrons. The number of nitrogens with two attached hydrogens (primary N) is 1. The third kappa shape index (κ3) is 4.55. The number of nitrogens with one attached hydrogen (secondary N) is 1. The predicted molar refractivity (Wildman–Crippen MR) is 67.1 cm³/mol. The van der Waals surface area contributed by atoms with E-state index < -0.39 is 6.03 Å². The van der Waals surface area contributed by atoms with Crippen LogP contribution in [-0.2, 0) is 6.42 Å². The fourth-order valence-corrected chi connectivity index (χ4v) is 1.36. The van der Waals surface area contributed by atoms with E-state index in [-0.39, 0.29) is 0 Å². The molecule has 1 aromatic carbocycles. The molecule has 0 aliphatic carbocycles. The van der Waals surface area contributed by atoms with Crippen molar-refractivity contribution in [2.75, 3.05) is 7.11 Å². The van der Waals surface area contributed by atoms with E-state index in [1.807, 2.05) is 31.2 Å². The first kappa shape index (κ1) is 13.0. The van der Waals surface area contributed by atoms with Crippen molar-refractivity contribution in [3.63, 3.8) is 0 Å². The van der Waals surface area contributed by atoms with Crippen LogP contribution in [0.4, 0.5) is 4.79 Å². The number of hydrazone groups is 1. The Morgan fingerprint density at radius 3 is 2.53 bits per heavy atom. The van der Waals surface area contributed by atoms with Crippen molar-refractivity contribution in [3.05, 3.63) is 29.8 Å². The Bertz CT molecular complexity index is 399. The highest BCUT2D eigenvalue weighted by atomic mass is 16.5. The predicted octanol–water partition coefficient (Wildman–Crippen LogP) is 1.67. The standard InChI is InChI=1S/C12H17N3O2/c1-3-10(14-15-12(13)16)8-9-4-6-11(17-2)7-5-9/h4-7H,3,8H2,1-2H3,(H3,13,15,16)/b14-10+. The first-order valence-corrected chi connectivity index (χ1v) is 5.39. The number of urea groups is 1. The SMILES string of the molecule is CC/C(Cc1ccc(OC)cc1)=N\NC(N)=O. The molecule has 0 atom stereocenters. The number of rotatable bonds is 5. The molecular weight excluding hydrogens is 218 g/mol. The van der Waals surface area contributed by atoms with Crippen molar-refractivity contribution in [3.8, 4) is 5.75 Å². The van der Waals surface area contributed by atoms with Gasteiger partial charge in [-0.2, -0.15) is 5.10 Å². The zero-order chi connectivity index (χ0) is 12.7. The summed E-state index contributed by atoms with van der Waals surface area (Å²) in [6.45, 7) is 1.98. The third-order valence-electron chi connectivity index (χ3n) is 2.30. The molecule has 1 aromatic rings. The summed E-state index contributed by atoms with van der Waals surface area (Å²) in [6, 6.07) is 7.07. The number of ether oxygens (including phenoxy) is 1. The first-order valence-electron chi connectivity index (χ1n) is 5.39. The lowest BCUT2D eigenvalue weighted by Gasteiger charge is -2.05. The molecular formula is C12H17N3O2. The van der Waals surface area contributed by atoms with Gasteiger partial charge in [0.15, 0.2) is 0 Å². The Hall–Kier alpha value is -2.04. The molecule has 1 rings (SSSR count). The molecule has 5 nitrogen and oxygen atoms in total. The van der Waals surface area contributed by atoms with Gasteiger partial charge in [-0.15, -0.1) is 0 Å². The summed E-state index contributed by atoms with van der Waals surface area (Å²) in [6.07, 6.45) is 1.44. The lowest BCUT2D eigenvalue weighted by atomic mass is 10.1. The third-order valence-corrected chi connectivity index (χ3v) is 2.30. The normalized spacial score (nSPS) is 11.1. The van der Waals surface area contributed by atoms with E-state index in [1.165, 1.54) is 0 Å². The molecule has 0 saturated heterocycles. The van der Waals surface area contributed by atoms with Gasteiger partial charge >= 0.3 is 6.03 Å². The lowest BCUT2D eigenvalue weighted by molar-refractivity contribution is 0.249. The number of methoxy groups -OCH3 is 1. The van der Waals surface area contributed by atoms with Crippen molar-refractivity contribution in [1.29, 1.82) is 0 Å². The van der Waals surface area contributed by atoms with Gasteiger partial charge in [-0.05, 0) is 24.1 Å². The van der Waals surface area contributed by atoms with E-state index in [2.05, 4.69) is 10.5 Å². The minimum atomic E-state index is -0.648. The van der Waals surface area contributed by atoms with Crippen molar-refractivity contribution in [1.82, 2.24) is 5.43 Å². The van der Waals surface area contributed by atoms with Crippen LogP contribution in [0.1, 0.15) is 18.9 Å². The molecule has 0 spiro atoms. The molecule has 5 heteroatoms. The van der Waals surface area contributed by atoms with Crippen LogP contribution < -0.4 is 15.9 Å². The number of carbonyl (C=O) groups excluding carboxylic acids is 1. The van der Waals surface area contributed by atoms with Gasteiger partial charge in [0.25, 0.3) is 0 Å². The fraction of sp³-hybridized carbons (Fsp3) is 0.333. The molecule has 0 unspecified atom stereocenters. The van der Waals surface area contributed by atoms with Crippen molar-refractivity contribution in [2.45, 2.75) is 19.8 Å². The summed E-state index contributed by atoms with van der Waals surface area (Å²) in [4.78, 5) is 10.5. The van der Waals surface area contributed by atoms with Crippen LogP contribution in [-0.4, -0.2) is 18.9 Å². The molecule has 3 N–H and O–H groups in total. The zero-order valence-electron chi connectivity index (χ0n) is 10.1. The van der Waals surface area contributed by atoms with Crippen LogP contribution >= 0.6 is 0 Å². The van der Waals surface area contributed by atoms with E-state index >= 15 is 0 Å². The van der Waals surface area contributed by atoms with E-state index in [9.17, 15) is 4.79 Å². The van der Waals surface area contributed by atoms with Crippen LogP contribution in [0.2, 0.25) is 0 Å². The maximum Gasteiger partial charge on any atom is 0.332 e. The number of hydrogen-bond acceptors (Lipinski definition) is 3.